The van der Waals surface area contributed by atoms with Crippen molar-refractivity contribution in [2.75, 3.05) is 11.9 Å². The molecule has 0 spiro atoms. The molecule has 0 fully saturated rings. The maximum Gasteiger partial charge on any atom is 0.145 e. The first kappa shape index (κ1) is 14.0. The second-order valence-electron chi connectivity index (χ2n) is 4.71. The number of benzene rings is 1. The SMILES string of the molecule is Cc1cc(C)c(C#N)c(NC(CO)c2ccccc2)n1. The lowest BCUT2D eigenvalue weighted by Crippen LogP contribution is -2.17. The molecule has 2 N–H and O–H groups in total. The van der Waals surface area contributed by atoms with Gasteiger partial charge in [0.05, 0.1) is 18.2 Å². The number of pyridine rings is 1. The number of nitriles is 1. The number of hydrogen-bond acceptors (Lipinski definition) is 4. The van der Waals surface area contributed by atoms with E-state index in [0.29, 0.717) is 11.4 Å². The minimum absolute atomic E-state index is 0.0659. The minimum atomic E-state index is -0.281. The Kier molecular flexibility index (Phi) is 4.34. The van der Waals surface area contributed by atoms with Gasteiger partial charge in [-0.25, -0.2) is 4.98 Å². The molecule has 0 amide bonds. The Labute approximate surface area is 118 Å². The van der Waals surface area contributed by atoms with Crippen molar-refractivity contribution >= 4 is 5.82 Å². The molecule has 0 saturated carbocycles. The van der Waals surface area contributed by atoms with Crippen LogP contribution in [0.15, 0.2) is 36.4 Å². The Morgan fingerprint density at radius 2 is 2.00 bits per heavy atom. The van der Waals surface area contributed by atoms with Crippen LogP contribution in [-0.4, -0.2) is 16.7 Å². The van der Waals surface area contributed by atoms with Gasteiger partial charge in [-0.05, 0) is 31.0 Å². The van der Waals surface area contributed by atoms with E-state index < -0.39 is 0 Å². The van der Waals surface area contributed by atoms with Crippen molar-refractivity contribution in [3.63, 3.8) is 0 Å². The summed E-state index contributed by atoms with van der Waals surface area (Å²) in [6.45, 7) is 3.70. The molecule has 2 rings (SSSR count). The zero-order valence-corrected chi connectivity index (χ0v) is 11.6. The van der Waals surface area contributed by atoms with Crippen molar-refractivity contribution in [3.8, 4) is 6.07 Å². The van der Waals surface area contributed by atoms with Crippen LogP contribution in [0.1, 0.15) is 28.4 Å². The van der Waals surface area contributed by atoms with Gasteiger partial charge < -0.3 is 10.4 Å². The van der Waals surface area contributed by atoms with Crippen LogP contribution in [0.25, 0.3) is 0 Å². The highest BCUT2D eigenvalue weighted by Crippen LogP contribution is 2.23. The van der Waals surface area contributed by atoms with Gasteiger partial charge in [0.15, 0.2) is 0 Å². The van der Waals surface area contributed by atoms with Crippen LogP contribution in [0, 0.1) is 25.2 Å². The number of nitrogens with one attached hydrogen (secondary N) is 1. The molecule has 0 bridgehead atoms. The van der Waals surface area contributed by atoms with Crippen LogP contribution in [0.2, 0.25) is 0 Å². The smallest absolute Gasteiger partial charge is 0.145 e. The van der Waals surface area contributed by atoms with Gasteiger partial charge in [-0.2, -0.15) is 5.26 Å². The normalized spacial score (nSPS) is 11.7. The summed E-state index contributed by atoms with van der Waals surface area (Å²) in [7, 11) is 0. The molecule has 0 radical (unpaired) electrons. The van der Waals surface area contributed by atoms with Crippen molar-refractivity contribution in [2.24, 2.45) is 0 Å². The maximum absolute atomic E-state index is 9.57. The summed E-state index contributed by atoms with van der Waals surface area (Å²) >= 11 is 0. The van der Waals surface area contributed by atoms with Crippen molar-refractivity contribution < 1.29 is 5.11 Å². The van der Waals surface area contributed by atoms with E-state index >= 15 is 0 Å². The first-order valence-electron chi connectivity index (χ1n) is 6.46. The van der Waals surface area contributed by atoms with Gasteiger partial charge in [0.25, 0.3) is 0 Å². The number of aliphatic hydroxyl groups excluding tert-OH is 1. The van der Waals surface area contributed by atoms with Crippen molar-refractivity contribution in [2.45, 2.75) is 19.9 Å². The second-order valence-corrected chi connectivity index (χ2v) is 4.71. The summed E-state index contributed by atoms with van der Waals surface area (Å²) in [5.74, 6) is 0.521. The van der Waals surface area contributed by atoms with E-state index in [1.54, 1.807) is 0 Å². The van der Waals surface area contributed by atoms with E-state index in [1.165, 1.54) is 0 Å². The monoisotopic (exact) mass is 267 g/mol. The molecule has 4 nitrogen and oxygen atoms in total. The van der Waals surface area contributed by atoms with Gasteiger partial charge in [-0.1, -0.05) is 30.3 Å². The average Bonchev–Trinajstić information content (AvgIpc) is 2.45. The number of rotatable bonds is 4. The fraction of sp³-hybridized carbons (Fsp3) is 0.250. The lowest BCUT2D eigenvalue weighted by Gasteiger charge is -2.19. The van der Waals surface area contributed by atoms with E-state index in [9.17, 15) is 10.4 Å². The number of aliphatic hydroxyl groups is 1. The molecule has 0 aliphatic rings. The molecule has 1 aromatic heterocycles. The molecule has 1 atom stereocenters. The predicted molar refractivity (Wildman–Crippen MR) is 78.3 cm³/mol. The Balaban J connectivity index is 2.36. The second kappa shape index (κ2) is 6.18. The highest BCUT2D eigenvalue weighted by atomic mass is 16.3. The molecule has 0 saturated heterocycles. The lowest BCUT2D eigenvalue weighted by molar-refractivity contribution is 0.276. The summed E-state index contributed by atoms with van der Waals surface area (Å²) in [6.07, 6.45) is 0. The third-order valence-corrected chi connectivity index (χ3v) is 3.15. The number of anilines is 1. The summed E-state index contributed by atoms with van der Waals surface area (Å²) in [6, 6.07) is 13.4. The van der Waals surface area contributed by atoms with Crippen molar-refractivity contribution in [1.82, 2.24) is 4.98 Å². The van der Waals surface area contributed by atoms with Crippen molar-refractivity contribution in [3.05, 3.63) is 58.8 Å². The van der Waals surface area contributed by atoms with Crippen LogP contribution in [0.5, 0.6) is 0 Å². The highest BCUT2D eigenvalue weighted by molar-refractivity contribution is 5.57. The van der Waals surface area contributed by atoms with E-state index in [2.05, 4.69) is 16.4 Å². The van der Waals surface area contributed by atoms with Gasteiger partial charge in [0.2, 0.25) is 0 Å². The van der Waals surface area contributed by atoms with Crippen LogP contribution in [-0.2, 0) is 0 Å². The number of aromatic nitrogens is 1. The standard InChI is InChI=1S/C16H17N3O/c1-11-8-12(2)18-16(14(11)9-17)19-15(10-20)13-6-4-3-5-7-13/h3-8,15,20H,10H2,1-2H3,(H,18,19). The van der Waals surface area contributed by atoms with Gasteiger partial charge in [-0.3, -0.25) is 0 Å². The van der Waals surface area contributed by atoms with E-state index in [4.69, 9.17) is 0 Å². The molecular weight excluding hydrogens is 250 g/mol. The predicted octanol–water partition coefficient (Wildman–Crippen LogP) is 2.72. The summed E-state index contributed by atoms with van der Waals surface area (Å²) in [4.78, 5) is 4.37. The molecule has 4 heteroatoms. The molecule has 1 unspecified atom stereocenters. The molecule has 20 heavy (non-hydrogen) atoms. The number of nitrogens with zero attached hydrogens (tertiary/aromatic N) is 2. The topological polar surface area (TPSA) is 68.9 Å². The number of aryl methyl sites for hydroxylation is 2. The Hall–Kier alpha value is -2.38. The lowest BCUT2D eigenvalue weighted by atomic mass is 10.1. The molecule has 1 aromatic carbocycles. The largest absolute Gasteiger partial charge is 0.394 e. The fourth-order valence-corrected chi connectivity index (χ4v) is 2.17. The molecular formula is C16H17N3O. The van der Waals surface area contributed by atoms with Gasteiger partial charge in [0.1, 0.15) is 11.9 Å². The van der Waals surface area contributed by atoms with Crippen LogP contribution in [0.3, 0.4) is 0 Å². The molecule has 0 aliphatic carbocycles. The van der Waals surface area contributed by atoms with E-state index in [0.717, 1.165) is 16.8 Å². The summed E-state index contributed by atoms with van der Waals surface area (Å²) in [5, 5.41) is 22.0. The Morgan fingerprint density at radius 3 is 2.60 bits per heavy atom. The first-order chi connectivity index (χ1) is 9.65. The fourth-order valence-electron chi connectivity index (χ4n) is 2.17. The maximum atomic E-state index is 9.57. The number of hydrogen-bond donors (Lipinski definition) is 2. The average molecular weight is 267 g/mol. The van der Waals surface area contributed by atoms with Crippen LogP contribution in [0.4, 0.5) is 5.82 Å². The molecule has 2 aromatic rings. The van der Waals surface area contributed by atoms with Gasteiger partial charge in [-0.15, -0.1) is 0 Å². The molecule has 1 heterocycles. The zero-order valence-electron chi connectivity index (χ0n) is 11.6. The Morgan fingerprint density at radius 1 is 1.30 bits per heavy atom. The molecule has 102 valence electrons. The summed E-state index contributed by atoms with van der Waals surface area (Å²) in [5.41, 5.74) is 3.20. The van der Waals surface area contributed by atoms with E-state index in [1.807, 2.05) is 50.2 Å². The van der Waals surface area contributed by atoms with Gasteiger partial charge in [0, 0.05) is 5.69 Å². The minimum Gasteiger partial charge on any atom is -0.394 e. The van der Waals surface area contributed by atoms with Crippen molar-refractivity contribution in [1.29, 1.82) is 5.26 Å². The molecule has 0 aliphatic heterocycles. The van der Waals surface area contributed by atoms with E-state index in [-0.39, 0.29) is 12.6 Å². The third kappa shape index (κ3) is 2.95. The van der Waals surface area contributed by atoms with Gasteiger partial charge >= 0.3 is 0 Å². The first-order valence-corrected chi connectivity index (χ1v) is 6.46. The quantitative estimate of drug-likeness (QED) is 0.893. The third-order valence-electron chi connectivity index (χ3n) is 3.15. The Bertz CT molecular complexity index is 632. The highest BCUT2D eigenvalue weighted by Gasteiger charge is 2.14. The zero-order chi connectivity index (χ0) is 14.5. The van der Waals surface area contributed by atoms with Crippen LogP contribution >= 0.6 is 0 Å². The summed E-state index contributed by atoms with van der Waals surface area (Å²) < 4.78 is 0. The van der Waals surface area contributed by atoms with Crippen LogP contribution < -0.4 is 5.32 Å².